The molecule has 0 N–H and O–H groups in total. The quantitative estimate of drug-likeness (QED) is 0.273. The van der Waals surface area contributed by atoms with E-state index < -0.39 is 11.8 Å². The Hall–Kier alpha value is -4.14. The van der Waals surface area contributed by atoms with Crippen molar-refractivity contribution in [1.29, 1.82) is 0 Å². The molecule has 1 aliphatic heterocycles. The molecule has 210 valence electrons. The molecule has 2 saturated carbocycles. The Labute approximate surface area is 236 Å². The van der Waals surface area contributed by atoms with Crippen LogP contribution in [0.3, 0.4) is 0 Å². The zero-order valence-electron chi connectivity index (χ0n) is 22.9. The second-order valence-corrected chi connectivity index (χ2v) is 11.3. The number of rotatable bonds is 6. The topological polar surface area (TPSA) is 76.8 Å². The summed E-state index contributed by atoms with van der Waals surface area (Å²) in [4.78, 5) is 36.5. The fourth-order valence-electron chi connectivity index (χ4n) is 6.22. The first-order valence-corrected chi connectivity index (χ1v) is 14.3. The van der Waals surface area contributed by atoms with Gasteiger partial charge < -0.3 is 9.64 Å². The van der Waals surface area contributed by atoms with Crippen molar-refractivity contribution in [2.75, 3.05) is 13.2 Å². The Balaban J connectivity index is 1.23. The molecule has 41 heavy (non-hydrogen) atoms. The van der Waals surface area contributed by atoms with Crippen LogP contribution in [-0.2, 0) is 16.0 Å². The molecule has 4 aromatic rings. The van der Waals surface area contributed by atoms with Crippen molar-refractivity contribution < 1.29 is 23.1 Å². The second-order valence-electron chi connectivity index (χ2n) is 11.3. The summed E-state index contributed by atoms with van der Waals surface area (Å²) in [5.41, 5.74) is 3.74. The minimum atomic E-state index is -0.698. The highest BCUT2D eigenvalue weighted by Crippen LogP contribution is 2.49. The fourth-order valence-corrected chi connectivity index (χ4v) is 6.22. The second kappa shape index (κ2) is 9.75. The normalized spacial score (nSPS) is 21.6. The highest BCUT2D eigenvalue weighted by molar-refractivity contribution is 5.93. The first-order valence-electron chi connectivity index (χ1n) is 14.3. The van der Waals surface area contributed by atoms with Crippen molar-refractivity contribution >= 4 is 17.7 Å². The molecule has 3 atom stereocenters. The van der Waals surface area contributed by atoms with Crippen LogP contribution in [0.25, 0.3) is 17.0 Å². The van der Waals surface area contributed by atoms with Crippen LogP contribution >= 0.6 is 0 Å². The van der Waals surface area contributed by atoms with Crippen LogP contribution in [0.5, 0.6) is 0 Å². The molecule has 0 bridgehead atoms. The van der Waals surface area contributed by atoms with Crippen LogP contribution in [0.1, 0.15) is 83.9 Å². The van der Waals surface area contributed by atoms with E-state index in [4.69, 9.17) is 4.74 Å². The molecule has 0 spiro atoms. The molecule has 0 saturated heterocycles. The summed E-state index contributed by atoms with van der Waals surface area (Å²) >= 11 is 0. The lowest BCUT2D eigenvalue weighted by molar-refractivity contribution is -0.144. The number of carbonyl (C=O) groups excluding carboxylic acids is 2. The number of aromatic nitrogens is 3. The summed E-state index contributed by atoms with van der Waals surface area (Å²) in [7, 11) is 0. The van der Waals surface area contributed by atoms with Crippen molar-refractivity contribution in [2.24, 2.45) is 5.92 Å². The summed E-state index contributed by atoms with van der Waals surface area (Å²) in [5.74, 6) is -2.07. The van der Waals surface area contributed by atoms with E-state index in [-0.39, 0.29) is 58.4 Å². The number of amides is 1. The predicted molar refractivity (Wildman–Crippen MR) is 147 cm³/mol. The molecule has 2 aromatic carbocycles. The van der Waals surface area contributed by atoms with E-state index in [9.17, 15) is 9.59 Å². The number of nitrogens with zero attached hydrogens (tertiary/aromatic N) is 4. The van der Waals surface area contributed by atoms with Crippen molar-refractivity contribution in [1.82, 2.24) is 19.3 Å². The van der Waals surface area contributed by atoms with E-state index in [1.807, 2.05) is 25.1 Å². The average molecular weight is 557 g/mol. The van der Waals surface area contributed by atoms with Crippen molar-refractivity contribution in [3.8, 4) is 11.3 Å². The Morgan fingerprint density at radius 3 is 2.63 bits per heavy atom. The van der Waals surface area contributed by atoms with Crippen molar-refractivity contribution in [3.05, 3.63) is 88.4 Å². The number of benzene rings is 2. The van der Waals surface area contributed by atoms with Crippen LogP contribution in [0, 0.1) is 17.7 Å². The number of fused-ring (bicyclic) bond motifs is 2. The maximum atomic E-state index is 15.9. The highest BCUT2D eigenvalue weighted by Gasteiger charge is 2.45. The minimum absolute atomic E-state index is 0.0148. The highest BCUT2D eigenvalue weighted by atomic mass is 19.1. The van der Waals surface area contributed by atoms with Gasteiger partial charge in [0.1, 0.15) is 17.2 Å². The van der Waals surface area contributed by atoms with E-state index in [0.29, 0.717) is 30.8 Å². The van der Waals surface area contributed by atoms with Crippen LogP contribution in [0.4, 0.5) is 8.78 Å². The lowest BCUT2D eigenvalue weighted by Gasteiger charge is -2.35. The SMILES string of the molecule is CCOC(=O)[C@@H]1CC1c1ccc(-c2nc3nc(C(=O)N4CCc5ccccc5[C@H]4C)cc(C4CC4)n3c2F)c(F)c1. The smallest absolute Gasteiger partial charge is 0.309 e. The van der Waals surface area contributed by atoms with Gasteiger partial charge in [-0.05, 0) is 86.3 Å². The number of imidazole rings is 1. The number of hydrogen-bond acceptors (Lipinski definition) is 5. The number of esters is 1. The molecule has 7 rings (SSSR count). The average Bonchev–Trinajstić information content (AvgIpc) is 3.90. The Morgan fingerprint density at radius 1 is 1.07 bits per heavy atom. The van der Waals surface area contributed by atoms with Crippen molar-refractivity contribution in [2.45, 2.75) is 57.4 Å². The molecule has 1 unspecified atom stereocenters. The maximum Gasteiger partial charge on any atom is 0.309 e. The maximum absolute atomic E-state index is 15.9. The molecule has 3 heterocycles. The molecule has 3 aliphatic rings. The summed E-state index contributed by atoms with van der Waals surface area (Å²) in [6, 6.07) is 14.2. The van der Waals surface area contributed by atoms with Gasteiger partial charge in [0.15, 0.2) is 0 Å². The van der Waals surface area contributed by atoms with E-state index in [2.05, 4.69) is 16.0 Å². The molecular weight excluding hydrogens is 526 g/mol. The van der Waals surface area contributed by atoms with Crippen molar-refractivity contribution in [3.63, 3.8) is 0 Å². The molecule has 7 nitrogen and oxygen atoms in total. The summed E-state index contributed by atoms with van der Waals surface area (Å²) in [6.45, 7) is 4.62. The Kier molecular flexibility index (Phi) is 6.14. The van der Waals surface area contributed by atoms with Crippen LogP contribution in [-0.4, -0.2) is 44.3 Å². The standard InChI is InChI=1S/C32H30F2N4O3/c1-3-41-31(40)24-15-23(24)20-10-11-22(25(33)14-20)28-29(34)38-27(19-8-9-19)16-26(35-32(38)36-28)30(39)37-13-12-18-6-4-5-7-21(18)17(37)2/h4-7,10-11,14,16-17,19,23-24H,3,8-9,12-13,15H2,1-2H3/t17-,23?,24-/m1/s1. The number of halogens is 2. The lowest BCUT2D eigenvalue weighted by Crippen LogP contribution is -2.39. The molecule has 2 aromatic heterocycles. The van der Waals surface area contributed by atoms with E-state index in [1.54, 1.807) is 24.0 Å². The van der Waals surface area contributed by atoms with Gasteiger partial charge in [-0.1, -0.05) is 30.3 Å². The van der Waals surface area contributed by atoms with Gasteiger partial charge in [-0.2, -0.15) is 4.39 Å². The molecule has 1 amide bonds. The van der Waals surface area contributed by atoms with Gasteiger partial charge in [-0.3, -0.25) is 14.0 Å². The molecule has 0 radical (unpaired) electrons. The van der Waals surface area contributed by atoms with E-state index in [1.165, 1.54) is 22.1 Å². The summed E-state index contributed by atoms with van der Waals surface area (Å²) < 4.78 is 37.7. The largest absolute Gasteiger partial charge is 0.466 e. The monoisotopic (exact) mass is 556 g/mol. The molecular formula is C32H30F2N4O3. The minimum Gasteiger partial charge on any atom is -0.466 e. The first kappa shape index (κ1) is 25.8. The zero-order chi connectivity index (χ0) is 28.4. The third-order valence-electron chi connectivity index (χ3n) is 8.69. The van der Waals surface area contributed by atoms with Gasteiger partial charge in [0.2, 0.25) is 11.7 Å². The Bertz CT molecular complexity index is 1710. The predicted octanol–water partition coefficient (Wildman–Crippen LogP) is 5.98. The lowest BCUT2D eigenvalue weighted by atomic mass is 9.93. The number of carbonyl (C=O) groups is 2. The Morgan fingerprint density at radius 2 is 1.88 bits per heavy atom. The number of hydrogen-bond donors (Lipinski definition) is 0. The van der Waals surface area contributed by atoms with Gasteiger partial charge in [-0.15, -0.1) is 0 Å². The van der Waals surface area contributed by atoms with Gasteiger partial charge in [0, 0.05) is 17.8 Å². The van der Waals surface area contributed by atoms with Gasteiger partial charge >= 0.3 is 5.97 Å². The third kappa shape index (κ3) is 4.38. The summed E-state index contributed by atoms with van der Waals surface area (Å²) in [6.07, 6.45) is 3.11. The van der Waals surface area contributed by atoms with Gasteiger partial charge in [0.05, 0.1) is 18.6 Å². The summed E-state index contributed by atoms with van der Waals surface area (Å²) in [5, 5.41) is 0. The third-order valence-corrected chi connectivity index (χ3v) is 8.69. The van der Waals surface area contributed by atoms with Crippen LogP contribution in [0.15, 0.2) is 48.5 Å². The van der Waals surface area contributed by atoms with Crippen LogP contribution < -0.4 is 0 Å². The van der Waals surface area contributed by atoms with Gasteiger partial charge in [-0.25, -0.2) is 14.4 Å². The van der Waals surface area contributed by atoms with Gasteiger partial charge in [0.25, 0.3) is 5.91 Å². The molecule has 2 fully saturated rings. The van der Waals surface area contributed by atoms with Crippen LogP contribution in [0.2, 0.25) is 0 Å². The molecule has 9 heteroatoms. The van der Waals surface area contributed by atoms with E-state index in [0.717, 1.165) is 24.8 Å². The van der Waals surface area contributed by atoms with E-state index >= 15 is 8.78 Å². The first-order chi connectivity index (χ1) is 19.9. The fraction of sp³-hybridized carbons (Fsp3) is 0.375. The number of ether oxygens (including phenoxy) is 1. The zero-order valence-corrected chi connectivity index (χ0v) is 22.9. The molecule has 2 aliphatic carbocycles.